The fourth-order valence-corrected chi connectivity index (χ4v) is 4.22. The first kappa shape index (κ1) is 23.0. The second-order valence-corrected chi connectivity index (χ2v) is 8.21. The number of pyridine rings is 1. The van der Waals surface area contributed by atoms with Gasteiger partial charge in [0.25, 0.3) is 11.7 Å². The van der Waals surface area contributed by atoms with Crippen molar-refractivity contribution >= 4 is 17.4 Å². The van der Waals surface area contributed by atoms with Crippen molar-refractivity contribution in [2.45, 2.75) is 26.4 Å². The van der Waals surface area contributed by atoms with Gasteiger partial charge in [-0.05, 0) is 54.8 Å². The summed E-state index contributed by atoms with van der Waals surface area (Å²) in [5, 5.41) is 11.3. The second-order valence-electron chi connectivity index (χ2n) is 8.21. The van der Waals surface area contributed by atoms with Gasteiger partial charge in [0, 0.05) is 24.5 Å². The number of aromatic nitrogens is 1. The molecule has 0 spiro atoms. The van der Waals surface area contributed by atoms with Gasteiger partial charge in [0.15, 0.2) is 11.5 Å². The van der Waals surface area contributed by atoms with E-state index in [4.69, 9.17) is 9.47 Å². The molecule has 2 heterocycles. The van der Waals surface area contributed by atoms with Gasteiger partial charge in [-0.3, -0.25) is 14.6 Å². The van der Waals surface area contributed by atoms with Crippen molar-refractivity contribution in [3.8, 4) is 11.5 Å². The Morgan fingerprint density at radius 1 is 1.03 bits per heavy atom. The van der Waals surface area contributed by atoms with Crippen molar-refractivity contribution < 1.29 is 24.2 Å². The van der Waals surface area contributed by atoms with E-state index in [1.807, 2.05) is 32.0 Å². The number of carbonyl (C=O) groups excluding carboxylic acids is 2. The fraction of sp³-hybridized carbons (Fsp3) is 0.222. The summed E-state index contributed by atoms with van der Waals surface area (Å²) in [6.07, 6.45) is 3.23. The van der Waals surface area contributed by atoms with Gasteiger partial charge in [0.1, 0.15) is 5.76 Å². The van der Waals surface area contributed by atoms with Gasteiger partial charge >= 0.3 is 0 Å². The number of ether oxygens (including phenoxy) is 2. The van der Waals surface area contributed by atoms with E-state index in [9.17, 15) is 14.7 Å². The lowest BCUT2D eigenvalue weighted by Gasteiger charge is -2.26. The Morgan fingerprint density at radius 3 is 2.47 bits per heavy atom. The predicted octanol–water partition coefficient (Wildman–Crippen LogP) is 4.34. The number of amides is 1. The maximum absolute atomic E-state index is 13.2. The number of benzene rings is 2. The van der Waals surface area contributed by atoms with Crippen LogP contribution in [0.25, 0.3) is 5.76 Å². The van der Waals surface area contributed by atoms with Crippen molar-refractivity contribution in [2.24, 2.45) is 0 Å². The molecule has 1 aliphatic heterocycles. The molecule has 174 valence electrons. The smallest absolute Gasteiger partial charge is 0.295 e. The predicted molar refractivity (Wildman–Crippen MR) is 128 cm³/mol. The number of methoxy groups -OCH3 is 2. The minimum Gasteiger partial charge on any atom is -0.507 e. The van der Waals surface area contributed by atoms with E-state index in [0.717, 1.165) is 16.7 Å². The van der Waals surface area contributed by atoms with Gasteiger partial charge in [-0.1, -0.05) is 29.8 Å². The zero-order chi connectivity index (χ0) is 24.4. The molecule has 7 heteroatoms. The molecule has 1 fully saturated rings. The lowest BCUT2D eigenvalue weighted by atomic mass is 9.95. The number of carbonyl (C=O) groups is 2. The van der Waals surface area contributed by atoms with Crippen LogP contribution in [0.3, 0.4) is 0 Å². The number of rotatable bonds is 6. The van der Waals surface area contributed by atoms with E-state index in [2.05, 4.69) is 4.98 Å². The molecular weight excluding hydrogens is 432 g/mol. The first-order valence-corrected chi connectivity index (χ1v) is 10.8. The molecular formula is C27H26N2O5. The molecule has 2 aromatic carbocycles. The summed E-state index contributed by atoms with van der Waals surface area (Å²) in [6, 6.07) is 13.6. The summed E-state index contributed by atoms with van der Waals surface area (Å²) in [4.78, 5) is 32.1. The fourth-order valence-electron chi connectivity index (χ4n) is 4.22. The van der Waals surface area contributed by atoms with Crippen LogP contribution in [-0.4, -0.2) is 40.9 Å². The molecule has 1 aliphatic rings. The zero-order valence-electron chi connectivity index (χ0n) is 19.5. The first-order valence-electron chi connectivity index (χ1n) is 10.8. The minimum absolute atomic E-state index is 0.00975. The van der Waals surface area contributed by atoms with Crippen LogP contribution in [0.15, 0.2) is 66.5 Å². The monoisotopic (exact) mass is 458 g/mol. The molecule has 1 saturated heterocycles. The number of likely N-dealkylation sites (tertiary alicyclic amines) is 1. The number of hydrogen-bond acceptors (Lipinski definition) is 6. The Labute approximate surface area is 198 Å². The van der Waals surface area contributed by atoms with Crippen LogP contribution in [0.1, 0.15) is 33.9 Å². The highest BCUT2D eigenvalue weighted by Gasteiger charge is 2.46. The molecule has 1 atom stereocenters. The van der Waals surface area contributed by atoms with Crippen molar-refractivity contribution in [3.63, 3.8) is 0 Å². The normalized spacial score (nSPS) is 17.2. The third-order valence-corrected chi connectivity index (χ3v) is 6.04. The largest absolute Gasteiger partial charge is 0.507 e. The summed E-state index contributed by atoms with van der Waals surface area (Å²) < 4.78 is 10.6. The number of Topliss-reactive ketones (excluding diaryl/α,β-unsaturated/α-hetero) is 1. The third-order valence-electron chi connectivity index (χ3n) is 6.04. The van der Waals surface area contributed by atoms with Crippen LogP contribution in [-0.2, 0) is 16.1 Å². The van der Waals surface area contributed by atoms with E-state index in [0.29, 0.717) is 22.6 Å². The van der Waals surface area contributed by atoms with Gasteiger partial charge in [0.05, 0.1) is 25.8 Å². The molecule has 34 heavy (non-hydrogen) atoms. The molecule has 0 saturated carbocycles. The highest BCUT2D eigenvalue weighted by atomic mass is 16.5. The van der Waals surface area contributed by atoms with Crippen LogP contribution >= 0.6 is 0 Å². The quantitative estimate of drug-likeness (QED) is 0.336. The van der Waals surface area contributed by atoms with Crippen molar-refractivity contribution in [1.29, 1.82) is 0 Å². The summed E-state index contributed by atoms with van der Waals surface area (Å²) in [5.74, 6) is -0.813. The highest BCUT2D eigenvalue weighted by Crippen LogP contribution is 2.41. The molecule has 1 N–H and O–H groups in total. The van der Waals surface area contributed by atoms with Crippen LogP contribution < -0.4 is 9.47 Å². The van der Waals surface area contributed by atoms with Crippen LogP contribution in [0.5, 0.6) is 11.5 Å². The number of aryl methyl sites for hydroxylation is 2. The number of aliphatic hydroxyl groups excluding tert-OH is 1. The van der Waals surface area contributed by atoms with Crippen LogP contribution in [0, 0.1) is 13.8 Å². The van der Waals surface area contributed by atoms with Crippen molar-refractivity contribution in [3.05, 3.63) is 94.3 Å². The summed E-state index contributed by atoms with van der Waals surface area (Å²) in [7, 11) is 3.00. The molecule has 4 rings (SSSR count). The third kappa shape index (κ3) is 4.12. The van der Waals surface area contributed by atoms with Gasteiger partial charge in [-0.15, -0.1) is 0 Å². The molecule has 7 nitrogen and oxygen atoms in total. The maximum atomic E-state index is 13.2. The standard InChI is InChI=1S/C27H26N2O5/c1-16-7-8-17(2)20(12-16)15-29-24(19-6-5-11-28-14-19)23(26(31)27(29)32)25(30)18-9-10-21(33-3)22(13-18)34-4/h5-14,24,30H,15H2,1-4H3/b25-23-. The molecule has 1 unspecified atom stereocenters. The summed E-state index contributed by atoms with van der Waals surface area (Å²) in [6.45, 7) is 4.17. The Hall–Kier alpha value is -4.13. The molecule has 0 radical (unpaired) electrons. The van der Waals surface area contributed by atoms with Gasteiger partial charge in [0.2, 0.25) is 0 Å². The number of aliphatic hydroxyl groups is 1. The van der Waals surface area contributed by atoms with E-state index in [-0.39, 0.29) is 17.9 Å². The topological polar surface area (TPSA) is 89.0 Å². The van der Waals surface area contributed by atoms with Crippen LogP contribution in [0.4, 0.5) is 0 Å². The average molecular weight is 459 g/mol. The molecule has 1 amide bonds. The maximum Gasteiger partial charge on any atom is 0.295 e. The lowest BCUT2D eigenvalue weighted by molar-refractivity contribution is -0.140. The molecule has 3 aromatic rings. The molecule has 1 aromatic heterocycles. The van der Waals surface area contributed by atoms with E-state index < -0.39 is 17.7 Å². The molecule has 0 bridgehead atoms. The van der Waals surface area contributed by atoms with Gasteiger partial charge in [-0.2, -0.15) is 0 Å². The Balaban J connectivity index is 1.87. The van der Waals surface area contributed by atoms with Gasteiger partial charge in [-0.25, -0.2) is 0 Å². The number of ketones is 1. The zero-order valence-corrected chi connectivity index (χ0v) is 19.5. The highest BCUT2D eigenvalue weighted by molar-refractivity contribution is 6.46. The summed E-state index contributed by atoms with van der Waals surface area (Å²) in [5.41, 5.74) is 3.99. The van der Waals surface area contributed by atoms with Crippen LogP contribution in [0.2, 0.25) is 0 Å². The second kappa shape index (κ2) is 9.39. The first-order chi connectivity index (χ1) is 16.3. The van der Waals surface area contributed by atoms with E-state index in [1.165, 1.54) is 19.1 Å². The SMILES string of the molecule is COc1ccc(/C(O)=C2/C(=O)C(=O)N(Cc3cc(C)ccc3C)C2c2cccnc2)cc1OC. The van der Waals surface area contributed by atoms with E-state index >= 15 is 0 Å². The molecule has 0 aliphatic carbocycles. The minimum atomic E-state index is -0.790. The Bertz CT molecular complexity index is 1280. The van der Waals surface area contributed by atoms with Crippen molar-refractivity contribution in [1.82, 2.24) is 9.88 Å². The van der Waals surface area contributed by atoms with Crippen molar-refractivity contribution in [2.75, 3.05) is 14.2 Å². The number of hydrogen-bond donors (Lipinski definition) is 1. The average Bonchev–Trinajstić information content (AvgIpc) is 3.10. The number of nitrogens with zero attached hydrogens (tertiary/aromatic N) is 2. The Kier molecular flexibility index (Phi) is 6.36. The van der Waals surface area contributed by atoms with E-state index in [1.54, 1.807) is 42.7 Å². The lowest BCUT2D eigenvalue weighted by Crippen LogP contribution is -2.29. The van der Waals surface area contributed by atoms with Gasteiger partial charge < -0.3 is 19.5 Å². The summed E-state index contributed by atoms with van der Waals surface area (Å²) >= 11 is 0. The Morgan fingerprint density at radius 2 is 1.79 bits per heavy atom.